The first-order valence-corrected chi connectivity index (χ1v) is 7.87. The van der Waals surface area contributed by atoms with Gasteiger partial charge in [-0.05, 0) is 25.7 Å². The van der Waals surface area contributed by atoms with Crippen molar-refractivity contribution >= 4 is 12.0 Å². The van der Waals surface area contributed by atoms with Gasteiger partial charge in [0.15, 0.2) is 0 Å². The Kier molecular flexibility index (Phi) is 4.06. The fraction of sp³-hybridized carbons (Fsp3) is 0.867. The first kappa shape index (κ1) is 14.6. The molecule has 0 radical (unpaired) electrons. The Balaban J connectivity index is 1.63. The second kappa shape index (κ2) is 5.83. The number of amides is 2. The summed E-state index contributed by atoms with van der Waals surface area (Å²) in [6.07, 6.45) is 5.48. The quantitative estimate of drug-likeness (QED) is 0.786. The van der Waals surface area contributed by atoms with Crippen LogP contribution in [0.25, 0.3) is 0 Å². The molecule has 2 heterocycles. The Bertz CT molecular complexity index is 428. The van der Waals surface area contributed by atoms with Crippen molar-refractivity contribution in [1.29, 1.82) is 0 Å². The van der Waals surface area contributed by atoms with Crippen LogP contribution in [0.3, 0.4) is 0 Å². The molecule has 1 saturated carbocycles. The lowest BCUT2D eigenvalue weighted by Gasteiger charge is -2.43. The molecule has 0 N–H and O–H groups in total. The third kappa shape index (κ3) is 2.73. The molecule has 0 unspecified atom stereocenters. The lowest BCUT2D eigenvalue weighted by Crippen LogP contribution is -2.52. The monoisotopic (exact) mass is 296 g/mol. The van der Waals surface area contributed by atoms with Crippen LogP contribution >= 0.6 is 0 Å². The summed E-state index contributed by atoms with van der Waals surface area (Å²) in [6, 6.07) is 0. The fourth-order valence-corrected chi connectivity index (χ4v) is 4.15. The predicted octanol–water partition coefficient (Wildman–Crippen LogP) is 1.25. The molecule has 1 spiro atoms. The van der Waals surface area contributed by atoms with Crippen LogP contribution in [0.15, 0.2) is 0 Å². The van der Waals surface area contributed by atoms with Crippen molar-refractivity contribution in [1.82, 2.24) is 9.80 Å². The third-order valence-electron chi connectivity index (χ3n) is 5.24. The Morgan fingerprint density at radius 3 is 2.90 bits per heavy atom. The van der Waals surface area contributed by atoms with E-state index in [1.807, 2.05) is 4.90 Å². The van der Waals surface area contributed by atoms with Crippen molar-refractivity contribution in [3.63, 3.8) is 0 Å². The van der Waals surface area contributed by atoms with E-state index >= 15 is 0 Å². The largest absolute Gasteiger partial charge is 0.448 e. The standard InChI is InChI=1S/C15H24N2O4/c1-20-12-4-2-5-15(12)6-3-7-17(11-15)13(18)10-16-8-9-21-14(16)19/h12H,2-11H2,1H3/t12-,15+/m1/s1. The normalized spacial score (nSPS) is 32.8. The first-order valence-electron chi connectivity index (χ1n) is 7.87. The van der Waals surface area contributed by atoms with Crippen LogP contribution in [0.5, 0.6) is 0 Å². The van der Waals surface area contributed by atoms with E-state index in [9.17, 15) is 9.59 Å². The molecule has 3 rings (SSSR count). The van der Waals surface area contributed by atoms with Crippen LogP contribution in [0.2, 0.25) is 0 Å². The van der Waals surface area contributed by atoms with Gasteiger partial charge in [-0.3, -0.25) is 9.69 Å². The number of hydrogen-bond acceptors (Lipinski definition) is 4. The van der Waals surface area contributed by atoms with Crippen LogP contribution in [-0.2, 0) is 14.3 Å². The van der Waals surface area contributed by atoms with Gasteiger partial charge in [0.25, 0.3) is 0 Å². The molecule has 0 aromatic rings. The highest BCUT2D eigenvalue weighted by molar-refractivity contribution is 5.83. The number of rotatable bonds is 3. The lowest BCUT2D eigenvalue weighted by atomic mass is 9.76. The topological polar surface area (TPSA) is 59.1 Å². The molecule has 2 saturated heterocycles. The Morgan fingerprint density at radius 2 is 2.19 bits per heavy atom. The van der Waals surface area contributed by atoms with Gasteiger partial charge in [-0.25, -0.2) is 4.79 Å². The van der Waals surface area contributed by atoms with Gasteiger partial charge >= 0.3 is 6.09 Å². The molecule has 0 aromatic carbocycles. The van der Waals surface area contributed by atoms with E-state index in [4.69, 9.17) is 9.47 Å². The van der Waals surface area contributed by atoms with E-state index in [0.29, 0.717) is 13.2 Å². The van der Waals surface area contributed by atoms with E-state index in [1.165, 1.54) is 11.3 Å². The van der Waals surface area contributed by atoms with Crippen LogP contribution in [0.1, 0.15) is 32.1 Å². The highest BCUT2D eigenvalue weighted by atomic mass is 16.6. The number of carbonyl (C=O) groups excluding carboxylic acids is 2. The van der Waals surface area contributed by atoms with Gasteiger partial charge in [0.2, 0.25) is 5.91 Å². The number of ether oxygens (including phenoxy) is 2. The van der Waals surface area contributed by atoms with E-state index in [0.717, 1.165) is 38.8 Å². The zero-order chi connectivity index (χ0) is 14.9. The SMILES string of the molecule is CO[C@@H]1CCC[C@@]12CCCN(C(=O)CN1CCOC1=O)C2. The molecule has 2 atom stereocenters. The second-order valence-corrected chi connectivity index (χ2v) is 6.43. The molecule has 2 aliphatic heterocycles. The molecule has 1 aliphatic carbocycles. The van der Waals surface area contributed by atoms with Gasteiger partial charge in [-0.15, -0.1) is 0 Å². The van der Waals surface area contributed by atoms with Gasteiger partial charge in [0, 0.05) is 25.6 Å². The Morgan fingerprint density at radius 1 is 1.38 bits per heavy atom. The van der Waals surface area contributed by atoms with Crippen molar-refractivity contribution in [2.75, 3.05) is 39.9 Å². The molecular formula is C15H24N2O4. The first-order chi connectivity index (χ1) is 10.1. The minimum atomic E-state index is -0.370. The average molecular weight is 296 g/mol. The maximum Gasteiger partial charge on any atom is 0.410 e. The van der Waals surface area contributed by atoms with Gasteiger partial charge in [0.05, 0.1) is 12.6 Å². The van der Waals surface area contributed by atoms with Crippen molar-refractivity contribution < 1.29 is 19.1 Å². The molecular weight excluding hydrogens is 272 g/mol. The van der Waals surface area contributed by atoms with Crippen LogP contribution < -0.4 is 0 Å². The Hall–Kier alpha value is -1.30. The molecule has 118 valence electrons. The smallest absolute Gasteiger partial charge is 0.410 e. The van der Waals surface area contributed by atoms with Crippen molar-refractivity contribution in [2.45, 2.75) is 38.2 Å². The van der Waals surface area contributed by atoms with E-state index in [-0.39, 0.29) is 30.1 Å². The van der Waals surface area contributed by atoms with Crippen LogP contribution in [0.4, 0.5) is 4.79 Å². The zero-order valence-corrected chi connectivity index (χ0v) is 12.7. The summed E-state index contributed by atoms with van der Waals surface area (Å²) in [5.41, 5.74) is 0.133. The minimum Gasteiger partial charge on any atom is -0.448 e. The molecule has 3 fully saturated rings. The summed E-state index contributed by atoms with van der Waals surface area (Å²) in [4.78, 5) is 27.3. The highest BCUT2D eigenvalue weighted by Gasteiger charge is 2.46. The van der Waals surface area contributed by atoms with Crippen molar-refractivity contribution in [3.8, 4) is 0 Å². The van der Waals surface area contributed by atoms with E-state index in [2.05, 4.69) is 0 Å². The van der Waals surface area contributed by atoms with E-state index < -0.39 is 0 Å². The molecule has 6 nitrogen and oxygen atoms in total. The Labute approximate surface area is 125 Å². The number of likely N-dealkylation sites (tertiary alicyclic amines) is 1. The summed E-state index contributed by atoms with van der Waals surface area (Å²) in [6.45, 7) is 2.62. The third-order valence-corrected chi connectivity index (χ3v) is 5.24. The van der Waals surface area contributed by atoms with Gasteiger partial charge in [0.1, 0.15) is 13.2 Å². The summed E-state index contributed by atoms with van der Waals surface area (Å²) in [7, 11) is 1.78. The molecule has 21 heavy (non-hydrogen) atoms. The molecule has 6 heteroatoms. The summed E-state index contributed by atoms with van der Waals surface area (Å²) in [5, 5.41) is 0. The average Bonchev–Trinajstić information content (AvgIpc) is 3.06. The number of hydrogen-bond donors (Lipinski definition) is 0. The maximum absolute atomic E-state index is 12.5. The highest BCUT2D eigenvalue weighted by Crippen LogP contribution is 2.46. The molecule has 2 amide bonds. The van der Waals surface area contributed by atoms with Crippen molar-refractivity contribution in [2.24, 2.45) is 5.41 Å². The van der Waals surface area contributed by atoms with Gasteiger partial charge in [-0.1, -0.05) is 6.42 Å². The number of carbonyl (C=O) groups is 2. The number of cyclic esters (lactones) is 1. The molecule has 0 bridgehead atoms. The number of methoxy groups -OCH3 is 1. The summed E-state index contributed by atoms with van der Waals surface area (Å²) < 4.78 is 10.5. The van der Waals surface area contributed by atoms with Crippen LogP contribution in [-0.4, -0.2) is 67.8 Å². The zero-order valence-electron chi connectivity index (χ0n) is 12.7. The molecule has 3 aliphatic rings. The number of piperidine rings is 1. The fourth-order valence-electron chi connectivity index (χ4n) is 4.15. The second-order valence-electron chi connectivity index (χ2n) is 6.43. The van der Waals surface area contributed by atoms with Gasteiger partial charge in [-0.2, -0.15) is 0 Å². The van der Waals surface area contributed by atoms with Crippen LogP contribution in [0, 0.1) is 5.41 Å². The van der Waals surface area contributed by atoms with E-state index in [1.54, 1.807) is 7.11 Å². The molecule has 0 aromatic heterocycles. The van der Waals surface area contributed by atoms with Gasteiger partial charge < -0.3 is 14.4 Å². The van der Waals surface area contributed by atoms with Crippen molar-refractivity contribution in [3.05, 3.63) is 0 Å². The number of nitrogens with zero attached hydrogens (tertiary/aromatic N) is 2. The lowest BCUT2D eigenvalue weighted by molar-refractivity contribution is -0.137. The summed E-state index contributed by atoms with van der Waals surface area (Å²) >= 11 is 0. The minimum absolute atomic E-state index is 0.0367. The summed E-state index contributed by atoms with van der Waals surface area (Å²) in [5.74, 6) is 0.0367. The maximum atomic E-state index is 12.5. The predicted molar refractivity (Wildman–Crippen MR) is 75.8 cm³/mol.